The zero-order valence-corrected chi connectivity index (χ0v) is 12.4. The van der Waals surface area contributed by atoms with Crippen LogP contribution in [0.5, 0.6) is 5.75 Å². The molecule has 108 valence electrons. The van der Waals surface area contributed by atoms with Crippen molar-refractivity contribution in [2.45, 2.75) is 31.7 Å². The Kier molecular flexibility index (Phi) is 3.87. The first kappa shape index (κ1) is 14.6. The van der Waals surface area contributed by atoms with E-state index in [0.717, 1.165) is 11.3 Å². The molecule has 0 bridgehead atoms. The SMILES string of the molecule is Cc1cc(C(C)NS(=O)(=O)c2cccc(O)c2)c(C)o1. The first-order chi connectivity index (χ1) is 9.29. The molecule has 0 saturated heterocycles. The average Bonchev–Trinajstić information content (AvgIpc) is 2.68. The van der Waals surface area contributed by atoms with Crippen molar-refractivity contribution < 1.29 is 17.9 Å². The van der Waals surface area contributed by atoms with E-state index in [1.807, 2.05) is 13.0 Å². The van der Waals surface area contributed by atoms with Crippen molar-refractivity contribution in [1.29, 1.82) is 0 Å². The van der Waals surface area contributed by atoms with Crippen LogP contribution in [0.1, 0.15) is 30.0 Å². The lowest BCUT2D eigenvalue weighted by Gasteiger charge is -2.13. The van der Waals surface area contributed by atoms with E-state index >= 15 is 0 Å². The van der Waals surface area contributed by atoms with Gasteiger partial charge in [-0.05, 0) is 45.0 Å². The minimum atomic E-state index is -3.69. The molecule has 2 N–H and O–H groups in total. The molecule has 0 aliphatic carbocycles. The normalized spacial score (nSPS) is 13.3. The number of nitrogens with one attached hydrogen (secondary N) is 1. The van der Waals surface area contributed by atoms with Gasteiger partial charge in [-0.2, -0.15) is 0 Å². The van der Waals surface area contributed by atoms with Crippen LogP contribution in [0.25, 0.3) is 0 Å². The maximum atomic E-state index is 12.2. The van der Waals surface area contributed by atoms with Crippen molar-refractivity contribution >= 4 is 10.0 Å². The molecule has 0 fully saturated rings. The molecule has 1 aromatic carbocycles. The van der Waals surface area contributed by atoms with Gasteiger partial charge in [-0.3, -0.25) is 0 Å². The van der Waals surface area contributed by atoms with Crippen LogP contribution in [0.4, 0.5) is 0 Å². The van der Waals surface area contributed by atoms with Gasteiger partial charge in [-0.25, -0.2) is 13.1 Å². The van der Waals surface area contributed by atoms with Gasteiger partial charge in [0.05, 0.1) is 4.90 Å². The molecule has 1 unspecified atom stereocenters. The Morgan fingerprint density at radius 2 is 1.95 bits per heavy atom. The van der Waals surface area contributed by atoms with E-state index in [9.17, 15) is 13.5 Å². The molecule has 0 radical (unpaired) electrons. The quantitative estimate of drug-likeness (QED) is 0.908. The van der Waals surface area contributed by atoms with Crippen LogP contribution in [0, 0.1) is 13.8 Å². The zero-order chi connectivity index (χ0) is 14.9. The van der Waals surface area contributed by atoms with Gasteiger partial charge >= 0.3 is 0 Å². The molecule has 20 heavy (non-hydrogen) atoms. The second kappa shape index (κ2) is 5.30. The van der Waals surface area contributed by atoms with E-state index in [1.165, 1.54) is 24.3 Å². The molecule has 1 atom stereocenters. The van der Waals surface area contributed by atoms with Crippen molar-refractivity contribution in [3.63, 3.8) is 0 Å². The van der Waals surface area contributed by atoms with Crippen LogP contribution in [-0.2, 0) is 10.0 Å². The van der Waals surface area contributed by atoms with Gasteiger partial charge in [0.1, 0.15) is 17.3 Å². The highest BCUT2D eigenvalue weighted by Crippen LogP contribution is 2.24. The number of rotatable bonds is 4. The van der Waals surface area contributed by atoms with Crippen LogP contribution < -0.4 is 4.72 Å². The summed E-state index contributed by atoms with van der Waals surface area (Å²) in [6, 6.07) is 6.95. The molecule has 0 aliphatic heterocycles. The Bertz CT molecular complexity index is 719. The summed E-state index contributed by atoms with van der Waals surface area (Å²) < 4.78 is 32.4. The van der Waals surface area contributed by atoms with Crippen molar-refractivity contribution in [2.75, 3.05) is 0 Å². The van der Waals surface area contributed by atoms with Gasteiger partial charge in [0, 0.05) is 11.6 Å². The van der Waals surface area contributed by atoms with Crippen LogP contribution in [0.3, 0.4) is 0 Å². The van der Waals surface area contributed by atoms with E-state index in [4.69, 9.17) is 4.42 Å². The monoisotopic (exact) mass is 295 g/mol. The predicted molar refractivity (Wildman–Crippen MR) is 75.0 cm³/mol. The fourth-order valence-electron chi connectivity index (χ4n) is 2.10. The molecule has 0 saturated carbocycles. The van der Waals surface area contributed by atoms with Crippen molar-refractivity contribution in [1.82, 2.24) is 4.72 Å². The molecule has 2 aromatic rings. The smallest absolute Gasteiger partial charge is 0.241 e. The highest BCUT2D eigenvalue weighted by molar-refractivity contribution is 7.89. The summed E-state index contributed by atoms with van der Waals surface area (Å²) in [7, 11) is -3.69. The number of aryl methyl sites for hydroxylation is 2. The van der Waals surface area contributed by atoms with Gasteiger partial charge in [0.15, 0.2) is 0 Å². The van der Waals surface area contributed by atoms with Gasteiger partial charge in [-0.15, -0.1) is 0 Å². The van der Waals surface area contributed by atoms with Crippen molar-refractivity contribution in [3.8, 4) is 5.75 Å². The number of aromatic hydroxyl groups is 1. The lowest BCUT2D eigenvalue weighted by Crippen LogP contribution is -2.27. The fraction of sp³-hybridized carbons (Fsp3) is 0.286. The lowest BCUT2D eigenvalue weighted by molar-refractivity contribution is 0.472. The molecule has 0 aliphatic rings. The third kappa shape index (κ3) is 3.02. The third-order valence-corrected chi connectivity index (χ3v) is 4.54. The molecule has 2 rings (SSSR count). The van der Waals surface area contributed by atoms with E-state index in [-0.39, 0.29) is 10.6 Å². The molecule has 0 amide bonds. The summed E-state index contributed by atoms with van der Waals surface area (Å²) in [4.78, 5) is 0.0298. The van der Waals surface area contributed by atoms with Crippen molar-refractivity contribution in [3.05, 3.63) is 47.4 Å². The minimum absolute atomic E-state index is 0.0298. The lowest BCUT2D eigenvalue weighted by atomic mass is 10.1. The van der Waals surface area contributed by atoms with Gasteiger partial charge in [0.2, 0.25) is 10.0 Å². The Balaban J connectivity index is 2.26. The Hall–Kier alpha value is -1.79. The molecule has 6 heteroatoms. The highest BCUT2D eigenvalue weighted by Gasteiger charge is 2.21. The average molecular weight is 295 g/mol. The maximum Gasteiger partial charge on any atom is 0.241 e. The Morgan fingerprint density at radius 3 is 2.50 bits per heavy atom. The van der Waals surface area contributed by atoms with Gasteiger partial charge < -0.3 is 9.52 Å². The zero-order valence-electron chi connectivity index (χ0n) is 11.5. The summed E-state index contributed by atoms with van der Waals surface area (Å²) in [5.41, 5.74) is 0.797. The summed E-state index contributed by atoms with van der Waals surface area (Å²) in [6.45, 7) is 5.35. The second-order valence-electron chi connectivity index (χ2n) is 4.71. The molecule has 0 spiro atoms. The maximum absolute atomic E-state index is 12.2. The van der Waals surface area contributed by atoms with Crippen molar-refractivity contribution in [2.24, 2.45) is 0 Å². The topological polar surface area (TPSA) is 79.5 Å². The number of phenols is 1. The van der Waals surface area contributed by atoms with Crippen LogP contribution >= 0.6 is 0 Å². The van der Waals surface area contributed by atoms with Crippen LogP contribution in [0.2, 0.25) is 0 Å². The number of furan rings is 1. The van der Waals surface area contributed by atoms with E-state index in [2.05, 4.69) is 4.72 Å². The summed E-state index contributed by atoms with van der Waals surface area (Å²) in [5, 5.41) is 9.37. The molecular weight excluding hydrogens is 278 g/mol. The number of phenolic OH excluding ortho intramolecular Hbond substituents is 1. The largest absolute Gasteiger partial charge is 0.508 e. The minimum Gasteiger partial charge on any atom is -0.508 e. The number of benzene rings is 1. The Morgan fingerprint density at radius 1 is 1.25 bits per heavy atom. The van der Waals surface area contributed by atoms with E-state index in [1.54, 1.807) is 13.8 Å². The molecule has 1 aromatic heterocycles. The summed E-state index contributed by atoms with van der Waals surface area (Å²) in [5.74, 6) is 1.34. The Labute approximate surface area is 118 Å². The molecule has 1 heterocycles. The number of hydrogen-bond acceptors (Lipinski definition) is 4. The molecule has 5 nitrogen and oxygen atoms in total. The summed E-state index contributed by atoms with van der Waals surface area (Å²) in [6.07, 6.45) is 0. The fourth-order valence-corrected chi connectivity index (χ4v) is 3.36. The first-order valence-corrected chi connectivity index (χ1v) is 7.66. The summed E-state index contributed by atoms with van der Waals surface area (Å²) >= 11 is 0. The predicted octanol–water partition coefficient (Wildman–Crippen LogP) is 2.64. The number of sulfonamides is 1. The van der Waals surface area contributed by atoms with E-state index in [0.29, 0.717) is 5.76 Å². The first-order valence-electron chi connectivity index (χ1n) is 6.18. The van der Waals surface area contributed by atoms with E-state index < -0.39 is 16.1 Å². The standard InChI is InChI=1S/C14H17NO4S/c1-9-7-14(11(3)19-9)10(2)15-20(17,18)13-6-4-5-12(16)8-13/h4-8,10,15-16H,1-3H3. The third-order valence-electron chi connectivity index (χ3n) is 3.01. The van der Waals surface area contributed by atoms with Gasteiger partial charge in [-0.1, -0.05) is 6.07 Å². The van der Waals surface area contributed by atoms with Gasteiger partial charge in [0.25, 0.3) is 0 Å². The second-order valence-corrected chi connectivity index (χ2v) is 6.42. The van der Waals surface area contributed by atoms with Crippen LogP contribution in [-0.4, -0.2) is 13.5 Å². The van der Waals surface area contributed by atoms with Crippen LogP contribution in [0.15, 0.2) is 39.6 Å². The molecular formula is C14H17NO4S. The number of hydrogen-bond donors (Lipinski definition) is 2. The highest BCUT2D eigenvalue weighted by atomic mass is 32.2.